The van der Waals surface area contributed by atoms with E-state index in [2.05, 4.69) is 19.9 Å². The summed E-state index contributed by atoms with van der Waals surface area (Å²) in [7, 11) is 0. The third-order valence-electron chi connectivity index (χ3n) is 4.85. The second kappa shape index (κ2) is 8.80. The van der Waals surface area contributed by atoms with Gasteiger partial charge in [0.25, 0.3) is 5.56 Å². The first-order chi connectivity index (χ1) is 15.1. The van der Waals surface area contributed by atoms with Crippen LogP contribution in [0.2, 0.25) is 0 Å². The molecule has 2 aromatic carbocycles. The molecule has 2 heterocycles. The summed E-state index contributed by atoms with van der Waals surface area (Å²) in [5.74, 6) is 0.553. The number of benzene rings is 2. The molecule has 0 bridgehead atoms. The van der Waals surface area contributed by atoms with Gasteiger partial charge in [0, 0.05) is 6.42 Å². The van der Waals surface area contributed by atoms with Crippen LogP contribution < -0.4 is 15.8 Å². The zero-order chi connectivity index (χ0) is 21.8. The predicted molar refractivity (Wildman–Crippen MR) is 115 cm³/mol. The number of imidazole rings is 1. The van der Waals surface area contributed by atoms with Gasteiger partial charge in [0.05, 0.1) is 18.5 Å². The molecule has 31 heavy (non-hydrogen) atoms. The number of aromatic amines is 2. The average Bonchev–Trinajstić information content (AvgIpc) is 3.27. The Morgan fingerprint density at radius 1 is 1.19 bits per heavy atom. The lowest BCUT2D eigenvalue weighted by atomic mass is 9.99. The molecule has 0 fully saturated rings. The first-order valence-electron chi connectivity index (χ1n) is 9.82. The van der Waals surface area contributed by atoms with Gasteiger partial charge in [-0.3, -0.25) is 14.8 Å². The molecule has 4 aromatic rings. The summed E-state index contributed by atoms with van der Waals surface area (Å²) in [5, 5.41) is 8.66. The summed E-state index contributed by atoms with van der Waals surface area (Å²) in [6, 6.07) is 13.5. The smallest absolute Gasteiger partial charge is 0.279 e. The SMILES string of the molecule is CCOc1cc(-c2cccc(CCC(=O)NO)c2)ccc1-c1nc2[nH]cnc2c(=O)[nH]1. The minimum absolute atomic E-state index is 0.193. The number of nitrogens with one attached hydrogen (secondary N) is 3. The maximum absolute atomic E-state index is 12.3. The van der Waals surface area contributed by atoms with Crippen molar-refractivity contribution in [3.05, 3.63) is 64.7 Å². The van der Waals surface area contributed by atoms with Gasteiger partial charge < -0.3 is 14.7 Å². The Kier molecular flexibility index (Phi) is 5.76. The first-order valence-corrected chi connectivity index (χ1v) is 9.82. The number of aromatic nitrogens is 4. The van der Waals surface area contributed by atoms with Crippen molar-refractivity contribution in [2.75, 3.05) is 6.61 Å². The van der Waals surface area contributed by atoms with E-state index in [1.807, 2.05) is 49.4 Å². The number of carbonyl (C=O) groups is 1. The van der Waals surface area contributed by atoms with Crippen molar-refractivity contribution < 1.29 is 14.7 Å². The van der Waals surface area contributed by atoms with Gasteiger partial charge >= 0.3 is 0 Å². The molecule has 0 radical (unpaired) electrons. The molecule has 0 atom stereocenters. The maximum atomic E-state index is 12.3. The largest absolute Gasteiger partial charge is 0.493 e. The van der Waals surface area contributed by atoms with E-state index in [9.17, 15) is 9.59 Å². The highest BCUT2D eigenvalue weighted by atomic mass is 16.5. The molecule has 2 aromatic heterocycles. The third kappa shape index (κ3) is 4.31. The normalized spacial score (nSPS) is 10.9. The van der Waals surface area contributed by atoms with Crippen molar-refractivity contribution >= 4 is 17.1 Å². The first kappa shape index (κ1) is 20.3. The number of hydrogen-bond acceptors (Lipinski definition) is 6. The Morgan fingerprint density at radius 3 is 2.84 bits per heavy atom. The van der Waals surface area contributed by atoms with Crippen LogP contribution in [0.25, 0.3) is 33.7 Å². The van der Waals surface area contributed by atoms with E-state index in [-0.39, 0.29) is 17.5 Å². The van der Waals surface area contributed by atoms with Crippen LogP contribution in [-0.4, -0.2) is 37.7 Å². The van der Waals surface area contributed by atoms with E-state index in [0.29, 0.717) is 35.8 Å². The highest BCUT2D eigenvalue weighted by molar-refractivity contribution is 5.77. The number of hydrogen-bond donors (Lipinski definition) is 4. The zero-order valence-electron chi connectivity index (χ0n) is 16.8. The molecule has 158 valence electrons. The second-order valence-corrected chi connectivity index (χ2v) is 6.89. The maximum Gasteiger partial charge on any atom is 0.279 e. The molecule has 9 nitrogen and oxygen atoms in total. The standard InChI is InChI=1S/C22H21N5O4/c1-2-31-17-11-15(14-5-3-4-13(10-14)6-9-18(28)27-30)7-8-16(17)20-25-21-19(22(29)26-20)23-12-24-21/h3-5,7-8,10-12,30H,2,6,9H2,1H3,(H,27,28)(H2,23,24,25,26,29). The molecule has 0 saturated heterocycles. The molecule has 9 heteroatoms. The fourth-order valence-electron chi connectivity index (χ4n) is 3.37. The van der Waals surface area contributed by atoms with Crippen LogP contribution in [0.5, 0.6) is 5.75 Å². The van der Waals surface area contributed by atoms with E-state index in [1.165, 1.54) is 6.33 Å². The number of aryl methyl sites for hydroxylation is 1. The number of fused-ring (bicyclic) bond motifs is 1. The highest BCUT2D eigenvalue weighted by Gasteiger charge is 2.14. The van der Waals surface area contributed by atoms with Crippen molar-refractivity contribution in [2.45, 2.75) is 19.8 Å². The van der Waals surface area contributed by atoms with Gasteiger partial charge in [-0.05, 0) is 42.2 Å². The van der Waals surface area contributed by atoms with Gasteiger partial charge in [-0.15, -0.1) is 0 Å². The number of amides is 1. The topological polar surface area (TPSA) is 133 Å². The van der Waals surface area contributed by atoms with Gasteiger partial charge in [0.1, 0.15) is 11.6 Å². The number of ether oxygens (including phenoxy) is 1. The summed E-state index contributed by atoms with van der Waals surface area (Å²) < 4.78 is 5.84. The average molecular weight is 419 g/mol. The summed E-state index contributed by atoms with van der Waals surface area (Å²) in [5.41, 5.74) is 5.49. The van der Waals surface area contributed by atoms with Crippen LogP contribution >= 0.6 is 0 Å². The van der Waals surface area contributed by atoms with Crippen molar-refractivity contribution in [1.82, 2.24) is 25.4 Å². The van der Waals surface area contributed by atoms with E-state index in [1.54, 1.807) is 5.48 Å². The van der Waals surface area contributed by atoms with E-state index >= 15 is 0 Å². The molecule has 0 spiro atoms. The van der Waals surface area contributed by atoms with E-state index in [4.69, 9.17) is 9.94 Å². The minimum Gasteiger partial charge on any atom is -0.493 e. The third-order valence-corrected chi connectivity index (χ3v) is 4.85. The van der Waals surface area contributed by atoms with Crippen LogP contribution in [0.15, 0.2) is 53.6 Å². The summed E-state index contributed by atoms with van der Waals surface area (Å²) >= 11 is 0. The molecular formula is C22H21N5O4. The Hall–Kier alpha value is -3.98. The van der Waals surface area contributed by atoms with Crippen molar-refractivity contribution in [1.29, 1.82) is 0 Å². The summed E-state index contributed by atoms with van der Waals surface area (Å²) in [4.78, 5) is 37.7. The zero-order valence-corrected chi connectivity index (χ0v) is 16.8. The number of carbonyl (C=O) groups excluding carboxylic acids is 1. The molecule has 0 unspecified atom stereocenters. The predicted octanol–water partition coefficient (Wildman–Crippen LogP) is 2.82. The molecule has 0 aliphatic heterocycles. The molecule has 0 aliphatic rings. The molecule has 0 aliphatic carbocycles. The Balaban J connectivity index is 1.70. The lowest BCUT2D eigenvalue weighted by Gasteiger charge is -2.13. The van der Waals surface area contributed by atoms with Crippen LogP contribution in [-0.2, 0) is 11.2 Å². The monoisotopic (exact) mass is 419 g/mol. The van der Waals surface area contributed by atoms with Gasteiger partial charge in [0.15, 0.2) is 11.2 Å². The van der Waals surface area contributed by atoms with Crippen LogP contribution in [0.3, 0.4) is 0 Å². The highest BCUT2D eigenvalue weighted by Crippen LogP contribution is 2.33. The van der Waals surface area contributed by atoms with Gasteiger partial charge in [0.2, 0.25) is 5.91 Å². The van der Waals surface area contributed by atoms with Gasteiger partial charge in [-0.25, -0.2) is 15.4 Å². The van der Waals surface area contributed by atoms with Crippen molar-refractivity contribution in [3.63, 3.8) is 0 Å². The molecular weight excluding hydrogens is 398 g/mol. The number of nitrogens with zero attached hydrogens (tertiary/aromatic N) is 2. The Bertz CT molecular complexity index is 1290. The lowest BCUT2D eigenvalue weighted by molar-refractivity contribution is -0.129. The fraction of sp³-hybridized carbons (Fsp3) is 0.182. The van der Waals surface area contributed by atoms with Crippen LogP contribution in [0.4, 0.5) is 0 Å². The minimum atomic E-state index is -0.427. The van der Waals surface area contributed by atoms with E-state index < -0.39 is 5.91 Å². The lowest BCUT2D eigenvalue weighted by Crippen LogP contribution is -2.18. The summed E-state index contributed by atoms with van der Waals surface area (Å²) in [6.07, 6.45) is 2.13. The summed E-state index contributed by atoms with van der Waals surface area (Å²) in [6.45, 7) is 2.33. The number of hydroxylamine groups is 1. The number of rotatable bonds is 7. The van der Waals surface area contributed by atoms with Crippen LogP contribution in [0.1, 0.15) is 18.9 Å². The van der Waals surface area contributed by atoms with E-state index in [0.717, 1.165) is 16.7 Å². The molecule has 0 saturated carbocycles. The molecule has 4 N–H and O–H groups in total. The van der Waals surface area contributed by atoms with Crippen LogP contribution in [0, 0.1) is 0 Å². The van der Waals surface area contributed by atoms with Crippen molar-refractivity contribution in [2.24, 2.45) is 0 Å². The van der Waals surface area contributed by atoms with Gasteiger partial charge in [-0.1, -0.05) is 30.3 Å². The second-order valence-electron chi connectivity index (χ2n) is 6.89. The van der Waals surface area contributed by atoms with Gasteiger partial charge in [-0.2, -0.15) is 0 Å². The fourth-order valence-corrected chi connectivity index (χ4v) is 3.37. The Labute approximate surface area is 177 Å². The quantitative estimate of drug-likeness (QED) is 0.269. The van der Waals surface area contributed by atoms with Crippen molar-refractivity contribution in [3.8, 4) is 28.3 Å². The molecule has 4 rings (SSSR count). The Morgan fingerprint density at radius 2 is 2.03 bits per heavy atom. The number of H-pyrrole nitrogens is 2. The molecule has 1 amide bonds.